The second-order valence-electron chi connectivity index (χ2n) is 5.24. The summed E-state index contributed by atoms with van der Waals surface area (Å²) >= 11 is 0. The number of benzene rings is 1. The fraction of sp³-hybridized carbons (Fsp3) is 0.429. The van der Waals surface area contributed by atoms with E-state index < -0.39 is 8.07 Å². The number of hydrogen-bond acceptors (Lipinski definition) is 1. The van der Waals surface area contributed by atoms with Crippen molar-refractivity contribution in [3.05, 3.63) is 42.0 Å². The van der Waals surface area contributed by atoms with Gasteiger partial charge in [-0.25, -0.2) is 0 Å². The summed E-state index contributed by atoms with van der Waals surface area (Å²) in [5.74, 6) is 0. The third-order valence-corrected chi connectivity index (χ3v) is 8.24. The summed E-state index contributed by atoms with van der Waals surface area (Å²) in [4.78, 5) is 0. The van der Waals surface area contributed by atoms with Gasteiger partial charge in [0.15, 0.2) is 0 Å². The molecule has 1 atom stereocenters. The minimum Gasteiger partial charge on any atom is -0.392 e. The fourth-order valence-electron chi connectivity index (χ4n) is 2.57. The summed E-state index contributed by atoms with van der Waals surface area (Å²) < 4.78 is 0. The van der Waals surface area contributed by atoms with E-state index in [0.29, 0.717) is 0 Å². The van der Waals surface area contributed by atoms with Crippen molar-refractivity contribution in [3.8, 4) is 0 Å². The molecule has 0 saturated carbocycles. The Balaban J connectivity index is 2.16. The van der Waals surface area contributed by atoms with Crippen LogP contribution in [0.1, 0.15) is 12.8 Å². The van der Waals surface area contributed by atoms with E-state index in [9.17, 15) is 0 Å². The molecule has 1 aliphatic carbocycles. The predicted molar refractivity (Wildman–Crippen MR) is 71.7 cm³/mol. The third-order valence-electron chi connectivity index (χ3n) is 3.94. The van der Waals surface area contributed by atoms with Crippen LogP contribution < -0.4 is 5.19 Å². The summed E-state index contributed by atoms with van der Waals surface area (Å²) in [6.45, 7) is 5.14. The lowest BCUT2D eigenvalue weighted by molar-refractivity contribution is 0.328. The molecule has 1 aromatic rings. The molecule has 16 heavy (non-hydrogen) atoms. The van der Waals surface area contributed by atoms with E-state index >= 15 is 0 Å². The highest BCUT2D eigenvalue weighted by Gasteiger charge is 2.35. The maximum atomic E-state index is 9.17. The largest absolute Gasteiger partial charge is 0.392 e. The van der Waals surface area contributed by atoms with Crippen molar-refractivity contribution >= 4 is 13.3 Å². The molecular weight excluding hydrogens is 212 g/mol. The Kier molecular flexibility index (Phi) is 3.31. The van der Waals surface area contributed by atoms with Crippen LogP contribution in [0.15, 0.2) is 42.0 Å². The van der Waals surface area contributed by atoms with E-state index in [4.69, 9.17) is 5.11 Å². The van der Waals surface area contributed by atoms with Crippen LogP contribution in [0.2, 0.25) is 18.6 Å². The van der Waals surface area contributed by atoms with Crippen molar-refractivity contribution in [3.63, 3.8) is 0 Å². The molecule has 1 aliphatic rings. The van der Waals surface area contributed by atoms with Gasteiger partial charge in [-0.3, -0.25) is 0 Å². The first kappa shape index (κ1) is 11.6. The quantitative estimate of drug-likeness (QED) is 0.627. The molecule has 86 valence electrons. The highest BCUT2D eigenvalue weighted by atomic mass is 28.3. The molecule has 0 amide bonds. The second kappa shape index (κ2) is 4.56. The van der Waals surface area contributed by atoms with Gasteiger partial charge in [-0.15, -0.1) is 0 Å². The normalized spacial score (nSPS) is 20.9. The standard InChI is InChI=1S/C14H20OSi/c1-16(2,13-6-4-3-5-7-13)14-9-8-12(10-14)11-15/h3-8,14-15H,9-11H2,1-2H3. The molecule has 0 heterocycles. The van der Waals surface area contributed by atoms with Crippen molar-refractivity contribution in [2.75, 3.05) is 6.61 Å². The first-order valence-corrected chi connectivity index (χ1v) is 9.06. The molecule has 0 fully saturated rings. The van der Waals surface area contributed by atoms with Crippen molar-refractivity contribution < 1.29 is 5.11 Å². The average molecular weight is 232 g/mol. The fourth-order valence-corrected chi connectivity index (χ4v) is 5.58. The Morgan fingerprint density at radius 3 is 2.50 bits per heavy atom. The molecule has 2 heteroatoms. The minimum absolute atomic E-state index is 0.246. The van der Waals surface area contributed by atoms with Crippen LogP contribution in [-0.4, -0.2) is 19.8 Å². The van der Waals surface area contributed by atoms with Gasteiger partial charge in [0, 0.05) is 0 Å². The lowest BCUT2D eigenvalue weighted by atomic mass is 10.2. The average Bonchev–Trinajstić information content (AvgIpc) is 2.79. The summed E-state index contributed by atoms with van der Waals surface area (Å²) in [7, 11) is -1.37. The monoisotopic (exact) mass is 232 g/mol. The van der Waals surface area contributed by atoms with E-state index in [-0.39, 0.29) is 6.61 Å². The summed E-state index contributed by atoms with van der Waals surface area (Å²) in [5, 5.41) is 10.7. The lowest BCUT2D eigenvalue weighted by Crippen LogP contribution is -2.45. The highest BCUT2D eigenvalue weighted by molar-refractivity contribution is 6.91. The first-order valence-electron chi connectivity index (χ1n) is 5.99. The predicted octanol–water partition coefficient (Wildman–Crippen LogP) is 2.68. The molecule has 1 nitrogen and oxygen atoms in total. The molecule has 0 bridgehead atoms. The van der Waals surface area contributed by atoms with Gasteiger partial charge in [-0.05, 0) is 24.0 Å². The van der Waals surface area contributed by atoms with Gasteiger partial charge in [-0.1, -0.05) is 54.7 Å². The third kappa shape index (κ3) is 2.13. The van der Waals surface area contributed by atoms with Gasteiger partial charge in [0.25, 0.3) is 0 Å². The molecule has 0 aromatic heterocycles. The van der Waals surface area contributed by atoms with Crippen LogP contribution in [0.4, 0.5) is 0 Å². The molecule has 1 unspecified atom stereocenters. The summed E-state index contributed by atoms with van der Waals surface area (Å²) in [5.41, 5.74) is 2.00. The van der Waals surface area contributed by atoms with Gasteiger partial charge in [0.05, 0.1) is 14.7 Å². The Morgan fingerprint density at radius 2 is 1.94 bits per heavy atom. The number of aliphatic hydroxyl groups excluding tert-OH is 1. The lowest BCUT2D eigenvalue weighted by Gasteiger charge is -2.30. The molecule has 0 aliphatic heterocycles. The van der Waals surface area contributed by atoms with Crippen LogP contribution in [0, 0.1) is 0 Å². The maximum absolute atomic E-state index is 9.17. The van der Waals surface area contributed by atoms with Crippen LogP contribution in [0.25, 0.3) is 0 Å². The molecule has 0 saturated heterocycles. The van der Waals surface area contributed by atoms with Crippen LogP contribution in [0.3, 0.4) is 0 Å². The maximum Gasteiger partial charge on any atom is 0.0843 e. The van der Waals surface area contributed by atoms with E-state index in [1.165, 1.54) is 10.8 Å². The van der Waals surface area contributed by atoms with E-state index in [2.05, 4.69) is 49.5 Å². The number of hydrogen-bond donors (Lipinski definition) is 1. The summed E-state index contributed by atoms with van der Waals surface area (Å²) in [6, 6.07) is 10.9. The van der Waals surface area contributed by atoms with Crippen molar-refractivity contribution in [1.29, 1.82) is 0 Å². The molecule has 0 radical (unpaired) electrons. The van der Waals surface area contributed by atoms with E-state index in [1.807, 2.05) is 0 Å². The first-order chi connectivity index (χ1) is 7.64. The minimum atomic E-state index is -1.37. The van der Waals surface area contributed by atoms with Crippen LogP contribution in [-0.2, 0) is 0 Å². The highest BCUT2D eigenvalue weighted by Crippen LogP contribution is 2.37. The number of allylic oxidation sites excluding steroid dienone is 1. The Hall–Kier alpha value is -0.863. The zero-order valence-corrected chi connectivity index (χ0v) is 11.1. The Morgan fingerprint density at radius 1 is 1.25 bits per heavy atom. The molecular formula is C14H20OSi. The molecule has 1 N–H and O–H groups in total. The smallest absolute Gasteiger partial charge is 0.0843 e. The van der Waals surface area contributed by atoms with Gasteiger partial charge in [-0.2, -0.15) is 0 Å². The number of aliphatic hydroxyl groups is 1. The van der Waals surface area contributed by atoms with Crippen LogP contribution >= 0.6 is 0 Å². The van der Waals surface area contributed by atoms with E-state index in [0.717, 1.165) is 18.4 Å². The Bertz CT molecular complexity index is 381. The second-order valence-corrected chi connectivity index (χ2v) is 10.1. The molecule has 1 aromatic carbocycles. The van der Waals surface area contributed by atoms with Crippen molar-refractivity contribution in [2.45, 2.75) is 31.5 Å². The van der Waals surface area contributed by atoms with E-state index in [1.54, 1.807) is 0 Å². The van der Waals surface area contributed by atoms with Gasteiger partial charge < -0.3 is 5.11 Å². The Labute approximate surface area is 98.8 Å². The van der Waals surface area contributed by atoms with Gasteiger partial charge >= 0.3 is 0 Å². The van der Waals surface area contributed by atoms with Crippen molar-refractivity contribution in [2.24, 2.45) is 0 Å². The number of rotatable bonds is 3. The summed E-state index contributed by atoms with van der Waals surface area (Å²) in [6.07, 6.45) is 4.50. The van der Waals surface area contributed by atoms with Gasteiger partial charge in [0.1, 0.15) is 0 Å². The zero-order chi connectivity index (χ0) is 11.6. The van der Waals surface area contributed by atoms with Gasteiger partial charge in [0.2, 0.25) is 0 Å². The zero-order valence-electron chi connectivity index (χ0n) is 10.1. The molecule has 0 spiro atoms. The molecule has 2 rings (SSSR count). The van der Waals surface area contributed by atoms with Crippen molar-refractivity contribution in [1.82, 2.24) is 0 Å². The SMILES string of the molecule is C[Si](C)(c1ccccc1)C1CC=C(CO)C1. The van der Waals surface area contributed by atoms with Crippen LogP contribution in [0.5, 0.6) is 0 Å². The topological polar surface area (TPSA) is 20.2 Å².